The van der Waals surface area contributed by atoms with Crippen molar-refractivity contribution in [1.82, 2.24) is 19.9 Å². The van der Waals surface area contributed by atoms with E-state index in [4.69, 9.17) is 5.11 Å². The van der Waals surface area contributed by atoms with E-state index < -0.39 is 24.4 Å². The Bertz CT molecular complexity index is 647. The zero-order valence-corrected chi connectivity index (χ0v) is 10.8. The molecule has 0 amide bonds. The zero-order chi connectivity index (χ0) is 14.0. The van der Waals surface area contributed by atoms with Gasteiger partial charge in [-0.1, -0.05) is 11.8 Å². The molecule has 2 rings (SSSR count). The summed E-state index contributed by atoms with van der Waals surface area (Å²) >= 11 is 1.26. The van der Waals surface area contributed by atoms with Gasteiger partial charge in [-0.3, -0.25) is 9.78 Å². The number of hydrogen-bond acceptors (Lipinski definition) is 8. The van der Waals surface area contributed by atoms with Gasteiger partial charge in [0.05, 0.1) is 18.5 Å². The molecule has 0 aliphatic carbocycles. The number of nitrogens with one attached hydrogen (secondary N) is 1. The molecule has 2 atom stereocenters. The van der Waals surface area contributed by atoms with Crippen LogP contribution in [0.4, 0.5) is 0 Å². The van der Waals surface area contributed by atoms with Gasteiger partial charge < -0.3 is 15.3 Å². The number of aromatic amines is 1. The van der Waals surface area contributed by atoms with Crippen LogP contribution in [0.15, 0.2) is 16.1 Å². The van der Waals surface area contributed by atoms with Gasteiger partial charge in [-0.05, 0) is 6.26 Å². The predicted octanol–water partition coefficient (Wildman–Crippen LogP) is -1.18. The molecule has 8 nitrogen and oxygen atoms in total. The minimum Gasteiger partial charge on any atom is -0.394 e. The molecule has 0 radical (unpaired) electrons. The third-order valence-corrected chi connectivity index (χ3v) is 3.04. The van der Waals surface area contributed by atoms with Crippen molar-refractivity contribution in [2.45, 2.75) is 17.4 Å². The van der Waals surface area contributed by atoms with Gasteiger partial charge in [-0.15, -0.1) is 0 Å². The van der Waals surface area contributed by atoms with Crippen molar-refractivity contribution in [3.05, 3.63) is 22.2 Å². The predicted molar refractivity (Wildman–Crippen MR) is 67.8 cm³/mol. The smallest absolute Gasteiger partial charge is 0.279 e. The molecule has 0 aromatic carbocycles. The van der Waals surface area contributed by atoms with Crippen LogP contribution in [-0.2, 0) is 0 Å². The normalized spacial score (nSPS) is 14.5. The minimum absolute atomic E-state index is 0.00162. The number of fused-ring (bicyclic) bond motifs is 1. The van der Waals surface area contributed by atoms with Crippen LogP contribution in [0.2, 0.25) is 0 Å². The van der Waals surface area contributed by atoms with E-state index in [9.17, 15) is 15.0 Å². The summed E-state index contributed by atoms with van der Waals surface area (Å²) in [5, 5.41) is 28.2. The fourth-order valence-corrected chi connectivity index (χ4v) is 1.82. The Morgan fingerprint density at radius 2 is 2.16 bits per heavy atom. The van der Waals surface area contributed by atoms with Gasteiger partial charge in [0.25, 0.3) is 5.56 Å². The second-order valence-corrected chi connectivity index (χ2v) is 4.53. The monoisotopic (exact) mass is 284 g/mol. The zero-order valence-electron chi connectivity index (χ0n) is 9.94. The van der Waals surface area contributed by atoms with Crippen LogP contribution in [0, 0.1) is 0 Å². The van der Waals surface area contributed by atoms with Crippen molar-refractivity contribution >= 4 is 22.9 Å². The topological polar surface area (TPSA) is 132 Å². The summed E-state index contributed by atoms with van der Waals surface area (Å²) in [7, 11) is 0. The highest BCUT2D eigenvalue weighted by Gasteiger charge is 2.20. The molecule has 102 valence electrons. The molecule has 0 saturated carbocycles. The van der Waals surface area contributed by atoms with Crippen molar-refractivity contribution in [3.63, 3.8) is 0 Å². The molecule has 2 aromatic rings. The lowest BCUT2D eigenvalue weighted by Gasteiger charge is -2.14. The molecule has 0 unspecified atom stereocenters. The molecule has 2 heterocycles. The van der Waals surface area contributed by atoms with Crippen LogP contribution in [0.25, 0.3) is 11.2 Å². The second kappa shape index (κ2) is 5.61. The van der Waals surface area contributed by atoms with Gasteiger partial charge in [-0.2, -0.15) is 0 Å². The Balaban J connectivity index is 2.52. The first kappa shape index (κ1) is 13.9. The molecule has 0 fully saturated rings. The highest BCUT2D eigenvalue weighted by Crippen LogP contribution is 2.15. The average molecular weight is 284 g/mol. The van der Waals surface area contributed by atoms with Crippen LogP contribution in [0.5, 0.6) is 0 Å². The van der Waals surface area contributed by atoms with Crippen LogP contribution in [-0.4, -0.2) is 54.2 Å². The quantitative estimate of drug-likeness (QED) is 0.407. The molecule has 9 heteroatoms. The highest BCUT2D eigenvalue weighted by atomic mass is 32.2. The molecular formula is C10H12N4O4S. The van der Waals surface area contributed by atoms with Crippen molar-refractivity contribution in [1.29, 1.82) is 0 Å². The standard InChI is InChI=1S/C10H12N4O4S/c1-19-10-13-8-6(9(18)14-10)12-4(2-11-8)7(17)5(16)3-15/h2,5,7,15-17H,3H2,1H3,(H,11,13,14,18)/t5-,7-/m0/s1. The molecule has 0 bridgehead atoms. The average Bonchev–Trinajstić information content (AvgIpc) is 2.45. The van der Waals surface area contributed by atoms with Gasteiger partial charge in [0.15, 0.2) is 16.3 Å². The Morgan fingerprint density at radius 3 is 2.79 bits per heavy atom. The lowest BCUT2D eigenvalue weighted by molar-refractivity contribution is -0.0173. The first-order chi connectivity index (χ1) is 9.06. The van der Waals surface area contributed by atoms with E-state index in [0.717, 1.165) is 0 Å². The van der Waals surface area contributed by atoms with Gasteiger partial charge >= 0.3 is 0 Å². The fraction of sp³-hybridized carbons (Fsp3) is 0.400. The van der Waals surface area contributed by atoms with Gasteiger partial charge in [0.1, 0.15) is 12.2 Å². The second-order valence-electron chi connectivity index (χ2n) is 3.74. The third-order valence-electron chi connectivity index (χ3n) is 2.46. The van der Waals surface area contributed by atoms with E-state index in [1.165, 1.54) is 18.0 Å². The lowest BCUT2D eigenvalue weighted by atomic mass is 10.1. The first-order valence-corrected chi connectivity index (χ1v) is 6.57. The van der Waals surface area contributed by atoms with Crippen molar-refractivity contribution in [3.8, 4) is 0 Å². The third kappa shape index (κ3) is 2.73. The van der Waals surface area contributed by atoms with E-state index in [2.05, 4.69) is 19.9 Å². The lowest BCUT2D eigenvalue weighted by Crippen LogP contribution is -2.24. The SMILES string of the molecule is CSc1nc2ncc([C@H](O)[C@@H](O)CO)nc2c(=O)[nH]1. The highest BCUT2D eigenvalue weighted by molar-refractivity contribution is 7.98. The summed E-state index contributed by atoms with van der Waals surface area (Å²) in [5.74, 6) is 0. The number of aliphatic hydroxyl groups excluding tert-OH is 3. The van der Waals surface area contributed by atoms with Gasteiger partial charge in [0.2, 0.25) is 0 Å². The summed E-state index contributed by atoms with van der Waals surface area (Å²) in [6.07, 6.45) is 0.168. The maximum Gasteiger partial charge on any atom is 0.279 e. The summed E-state index contributed by atoms with van der Waals surface area (Å²) in [6, 6.07) is 0. The Kier molecular flexibility index (Phi) is 4.10. The number of aromatic nitrogens is 4. The molecular weight excluding hydrogens is 272 g/mol. The van der Waals surface area contributed by atoms with E-state index in [1.807, 2.05) is 0 Å². The molecule has 0 spiro atoms. The number of nitrogens with zero attached hydrogens (tertiary/aromatic N) is 3. The van der Waals surface area contributed by atoms with Crippen molar-refractivity contribution in [2.24, 2.45) is 0 Å². The number of H-pyrrole nitrogens is 1. The largest absolute Gasteiger partial charge is 0.394 e. The van der Waals surface area contributed by atoms with E-state index in [1.54, 1.807) is 6.26 Å². The molecule has 2 aromatic heterocycles. The fourth-order valence-electron chi connectivity index (χ4n) is 1.45. The number of thioether (sulfide) groups is 1. The summed E-state index contributed by atoms with van der Waals surface area (Å²) in [5.41, 5.74) is -0.352. The minimum atomic E-state index is -1.42. The molecule has 4 N–H and O–H groups in total. The van der Waals surface area contributed by atoms with Crippen molar-refractivity contribution in [2.75, 3.05) is 12.9 Å². The maximum atomic E-state index is 11.8. The van der Waals surface area contributed by atoms with Gasteiger partial charge in [0, 0.05) is 0 Å². The number of hydrogen-bond donors (Lipinski definition) is 4. The Morgan fingerprint density at radius 1 is 1.42 bits per heavy atom. The maximum absolute atomic E-state index is 11.8. The van der Waals surface area contributed by atoms with Crippen molar-refractivity contribution < 1.29 is 15.3 Å². The van der Waals surface area contributed by atoms with Crippen LogP contribution >= 0.6 is 11.8 Å². The van der Waals surface area contributed by atoms with E-state index in [0.29, 0.717) is 5.16 Å². The number of rotatable bonds is 4. The van der Waals surface area contributed by atoms with Crippen LogP contribution in [0.1, 0.15) is 11.8 Å². The van der Waals surface area contributed by atoms with Gasteiger partial charge in [-0.25, -0.2) is 15.0 Å². The number of aliphatic hydroxyl groups is 3. The van der Waals surface area contributed by atoms with Crippen LogP contribution < -0.4 is 5.56 Å². The molecule has 0 saturated heterocycles. The molecule has 0 aliphatic heterocycles. The Labute approximate surface area is 111 Å². The summed E-state index contributed by atoms with van der Waals surface area (Å²) < 4.78 is 0. The molecule has 0 aliphatic rings. The first-order valence-electron chi connectivity index (χ1n) is 5.34. The summed E-state index contributed by atoms with van der Waals surface area (Å²) in [4.78, 5) is 26.2. The summed E-state index contributed by atoms with van der Waals surface area (Å²) in [6.45, 7) is -0.624. The Hall–Kier alpha value is -1.55. The van der Waals surface area contributed by atoms with E-state index >= 15 is 0 Å². The van der Waals surface area contributed by atoms with Crippen LogP contribution in [0.3, 0.4) is 0 Å². The van der Waals surface area contributed by atoms with E-state index in [-0.39, 0.29) is 16.9 Å². The molecule has 19 heavy (non-hydrogen) atoms.